The van der Waals surface area contributed by atoms with Gasteiger partial charge < -0.3 is 15.4 Å². The molecule has 0 radical (unpaired) electrons. The van der Waals surface area contributed by atoms with Crippen molar-refractivity contribution in [2.75, 3.05) is 19.0 Å². The fourth-order valence-corrected chi connectivity index (χ4v) is 1.94. The summed E-state index contributed by atoms with van der Waals surface area (Å²) >= 11 is 0. The van der Waals surface area contributed by atoms with Crippen LogP contribution >= 0.6 is 0 Å². The van der Waals surface area contributed by atoms with Crippen LogP contribution in [0.25, 0.3) is 11.4 Å². The molecule has 0 atom stereocenters. The number of amides is 1. The van der Waals surface area contributed by atoms with Gasteiger partial charge in [0.15, 0.2) is 0 Å². The lowest BCUT2D eigenvalue weighted by atomic mass is 10.1. The number of hydrogen-bond donors (Lipinski definition) is 3. The molecule has 1 amide bonds. The van der Waals surface area contributed by atoms with Crippen molar-refractivity contribution >= 4 is 11.6 Å². The van der Waals surface area contributed by atoms with Crippen molar-refractivity contribution in [3.8, 4) is 17.1 Å². The average Bonchev–Trinajstić information content (AvgIpc) is 3.10. The molecule has 1 aromatic heterocycles. The van der Waals surface area contributed by atoms with E-state index < -0.39 is 0 Å². The second-order valence-corrected chi connectivity index (χ2v) is 4.16. The third-order valence-corrected chi connectivity index (χ3v) is 2.85. The molecule has 1 aliphatic rings. The van der Waals surface area contributed by atoms with Crippen molar-refractivity contribution in [1.29, 1.82) is 0 Å². The Kier molecular flexibility index (Phi) is 3.04. The lowest BCUT2D eigenvalue weighted by Gasteiger charge is -2.10. The van der Waals surface area contributed by atoms with E-state index in [2.05, 4.69) is 31.3 Å². The van der Waals surface area contributed by atoms with Gasteiger partial charge in [0.1, 0.15) is 5.75 Å². The molecule has 0 unspecified atom stereocenters. The highest BCUT2D eigenvalue weighted by molar-refractivity contribution is 5.91. The second-order valence-electron chi connectivity index (χ2n) is 4.16. The molecule has 102 valence electrons. The van der Waals surface area contributed by atoms with Gasteiger partial charge in [-0.15, -0.1) is 10.2 Å². The highest BCUT2D eigenvalue weighted by Crippen LogP contribution is 2.30. The van der Waals surface area contributed by atoms with Crippen LogP contribution in [0, 0.1) is 0 Å². The Balaban J connectivity index is 1.92. The van der Waals surface area contributed by atoms with Gasteiger partial charge >= 0.3 is 0 Å². The quantitative estimate of drug-likeness (QED) is 0.739. The number of aromatic nitrogens is 4. The van der Waals surface area contributed by atoms with Gasteiger partial charge in [0.25, 0.3) is 0 Å². The summed E-state index contributed by atoms with van der Waals surface area (Å²) in [5.41, 5.74) is 2.33. The van der Waals surface area contributed by atoms with Gasteiger partial charge in [-0.3, -0.25) is 4.79 Å². The number of nitrogens with zero attached hydrogens (tertiary/aromatic N) is 3. The molecule has 0 spiro atoms. The minimum atomic E-state index is -0.0978. The zero-order chi connectivity index (χ0) is 13.9. The van der Waals surface area contributed by atoms with Gasteiger partial charge in [-0.05, 0) is 23.4 Å². The molecule has 20 heavy (non-hydrogen) atoms. The molecular weight excluding hydrogens is 260 g/mol. The minimum Gasteiger partial charge on any atom is -0.496 e. The van der Waals surface area contributed by atoms with E-state index in [1.807, 2.05) is 12.1 Å². The number of rotatable bonds is 4. The first-order chi connectivity index (χ1) is 9.76. The zero-order valence-corrected chi connectivity index (χ0v) is 10.7. The lowest BCUT2D eigenvalue weighted by molar-refractivity contribution is -0.115. The Morgan fingerprint density at radius 1 is 1.40 bits per heavy atom. The van der Waals surface area contributed by atoms with E-state index in [4.69, 9.17) is 4.74 Å². The van der Waals surface area contributed by atoms with Gasteiger partial charge in [0.2, 0.25) is 11.7 Å². The fourth-order valence-electron chi connectivity index (χ4n) is 1.94. The van der Waals surface area contributed by atoms with E-state index in [1.165, 1.54) is 6.08 Å². The van der Waals surface area contributed by atoms with Crippen LogP contribution in [0.5, 0.6) is 5.75 Å². The highest BCUT2D eigenvalue weighted by atomic mass is 16.5. The molecule has 0 fully saturated rings. The van der Waals surface area contributed by atoms with Crippen LogP contribution in [0.3, 0.4) is 0 Å². The number of carbonyl (C=O) groups excluding carboxylic acids is 1. The predicted octanol–water partition coefficient (Wildman–Crippen LogP) is 0.301. The summed E-state index contributed by atoms with van der Waals surface area (Å²) < 4.78 is 5.28. The van der Waals surface area contributed by atoms with E-state index in [-0.39, 0.29) is 5.91 Å². The van der Waals surface area contributed by atoms with E-state index >= 15 is 0 Å². The molecule has 0 bridgehead atoms. The van der Waals surface area contributed by atoms with Crippen LogP contribution < -0.4 is 15.4 Å². The number of H-pyrrole nitrogens is 1. The molecule has 8 nitrogen and oxygen atoms in total. The number of carbonyl (C=O) groups is 1. The first-order valence-electron chi connectivity index (χ1n) is 5.93. The second kappa shape index (κ2) is 5.00. The van der Waals surface area contributed by atoms with E-state index in [1.54, 1.807) is 13.2 Å². The predicted molar refractivity (Wildman–Crippen MR) is 70.9 cm³/mol. The van der Waals surface area contributed by atoms with Crippen LogP contribution in [0.1, 0.15) is 0 Å². The summed E-state index contributed by atoms with van der Waals surface area (Å²) in [5.74, 6) is 0.992. The third-order valence-electron chi connectivity index (χ3n) is 2.85. The molecule has 1 aliphatic heterocycles. The van der Waals surface area contributed by atoms with E-state index in [9.17, 15) is 4.79 Å². The Morgan fingerprint density at radius 2 is 2.30 bits per heavy atom. The van der Waals surface area contributed by atoms with Gasteiger partial charge in [0.05, 0.1) is 19.2 Å². The molecule has 8 heteroatoms. The molecule has 2 aromatic rings. The standard InChI is InChI=1S/C12H12N6O2/c1-20-10-3-2-7(14-8-5-11(19)13-6-8)4-9(10)12-15-17-18-16-12/h2-5,14H,6H2,1H3,(H,13,19)(H,15,16,17,18). The number of benzene rings is 1. The van der Waals surface area contributed by atoms with Crippen molar-refractivity contribution in [2.24, 2.45) is 0 Å². The Hall–Kier alpha value is -2.90. The van der Waals surface area contributed by atoms with E-state index in [0.29, 0.717) is 23.7 Å². The molecule has 0 aliphatic carbocycles. The number of aromatic amines is 1. The number of tetrazole rings is 1. The molecule has 2 heterocycles. The number of nitrogens with one attached hydrogen (secondary N) is 3. The Bertz CT molecular complexity index is 665. The van der Waals surface area contributed by atoms with Crippen molar-refractivity contribution in [3.05, 3.63) is 30.0 Å². The third kappa shape index (κ3) is 2.30. The summed E-state index contributed by atoms with van der Waals surface area (Å²) in [5, 5.41) is 19.7. The molecular formula is C12H12N6O2. The van der Waals surface area contributed by atoms with Crippen molar-refractivity contribution < 1.29 is 9.53 Å². The smallest absolute Gasteiger partial charge is 0.246 e. The number of ether oxygens (including phenoxy) is 1. The van der Waals surface area contributed by atoms with Crippen LogP contribution in [-0.2, 0) is 4.79 Å². The van der Waals surface area contributed by atoms with Gasteiger partial charge in [-0.1, -0.05) is 0 Å². The average molecular weight is 272 g/mol. The first-order valence-corrected chi connectivity index (χ1v) is 5.93. The number of methoxy groups -OCH3 is 1. The minimum absolute atomic E-state index is 0.0978. The SMILES string of the molecule is COc1ccc(NC2=CC(=O)NC2)cc1-c1nn[nH]n1. The summed E-state index contributed by atoms with van der Waals surface area (Å²) in [4.78, 5) is 11.1. The molecule has 0 saturated carbocycles. The highest BCUT2D eigenvalue weighted by Gasteiger charge is 2.14. The molecule has 3 rings (SSSR count). The van der Waals surface area contributed by atoms with Crippen LogP contribution in [0.15, 0.2) is 30.0 Å². The summed E-state index contributed by atoms with van der Waals surface area (Å²) in [6.45, 7) is 0.488. The lowest BCUT2D eigenvalue weighted by Crippen LogP contribution is -2.16. The molecule has 3 N–H and O–H groups in total. The summed E-state index contributed by atoms with van der Waals surface area (Å²) in [6.07, 6.45) is 1.53. The number of anilines is 1. The van der Waals surface area contributed by atoms with Crippen molar-refractivity contribution in [1.82, 2.24) is 25.9 Å². The topological polar surface area (TPSA) is 105 Å². The van der Waals surface area contributed by atoms with Crippen molar-refractivity contribution in [3.63, 3.8) is 0 Å². The van der Waals surface area contributed by atoms with Crippen LogP contribution in [-0.4, -0.2) is 40.2 Å². The van der Waals surface area contributed by atoms with E-state index in [0.717, 1.165) is 11.4 Å². The first kappa shape index (κ1) is 12.2. The normalized spacial score (nSPS) is 13.8. The summed E-state index contributed by atoms with van der Waals surface area (Å²) in [6, 6.07) is 5.50. The van der Waals surface area contributed by atoms with Gasteiger partial charge in [-0.25, -0.2) is 0 Å². The molecule has 0 saturated heterocycles. The number of hydrogen-bond acceptors (Lipinski definition) is 6. The van der Waals surface area contributed by atoms with Crippen LogP contribution in [0.4, 0.5) is 5.69 Å². The fraction of sp³-hybridized carbons (Fsp3) is 0.167. The van der Waals surface area contributed by atoms with Gasteiger partial charge in [0, 0.05) is 17.5 Å². The van der Waals surface area contributed by atoms with Crippen LogP contribution in [0.2, 0.25) is 0 Å². The maximum absolute atomic E-state index is 11.1. The van der Waals surface area contributed by atoms with Crippen molar-refractivity contribution in [2.45, 2.75) is 0 Å². The molecule has 1 aromatic carbocycles. The summed E-state index contributed by atoms with van der Waals surface area (Å²) in [7, 11) is 1.58. The Morgan fingerprint density at radius 3 is 2.95 bits per heavy atom. The Labute approximate surface area is 114 Å². The van der Waals surface area contributed by atoms with Gasteiger partial charge in [-0.2, -0.15) is 5.21 Å². The largest absolute Gasteiger partial charge is 0.496 e. The maximum atomic E-state index is 11.1. The monoisotopic (exact) mass is 272 g/mol. The zero-order valence-electron chi connectivity index (χ0n) is 10.7. The maximum Gasteiger partial charge on any atom is 0.246 e.